The fraction of sp³-hybridized carbons (Fsp3) is 0.400. The van der Waals surface area contributed by atoms with Crippen LogP contribution in [0.2, 0.25) is 0 Å². The van der Waals surface area contributed by atoms with Gasteiger partial charge in [-0.2, -0.15) is 13.5 Å². The van der Waals surface area contributed by atoms with Gasteiger partial charge in [-0.25, -0.2) is 13.8 Å². The Balaban J connectivity index is 2.41. The second kappa shape index (κ2) is 5.09. The summed E-state index contributed by atoms with van der Waals surface area (Å²) in [5, 5.41) is 3.97. The van der Waals surface area contributed by atoms with E-state index in [1.54, 1.807) is 13.8 Å². The molecular formula is C10H12F2N4O2S2. The summed E-state index contributed by atoms with van der Waals surface area (Å²) in [6.07, 6.45) is -1.68. The van der Waals surface area contributed by atoms with Gasteiger partial charge >= 0.3 is 0 Å². The van der Waals surface area contributed by atoms with Crippen molar-refractivity contribution in [3.63, 3.8) is 0 Å². The van der Waals surface area contributed by atoms with Gasteiger partial charge in [-0.15, -0.1) is 11.3 Å². The van der Waals surface area contributed by atoms with Crippen LogP contribution in [-0.2, 0) is 17.1 Å². The average Bonchev–Trinajstić information content (AvgIpc) is 2.81. The number of nitrogens with zero attached hydrogens (tertiary/aromatic N) is 3. The molecule has 0 aliphatic heterocycles. The lowest BCUT2D eigenvalue weighted by molar-refractivity contribution is 0.146. The summed E-state index contributed by atoms with van der Waals surface area (Å²) in [7, 11) is -2.57. The predicted octanol–water partition coefficient (Wildman–Crippen LogP) is 2.23. The Morgan fingerprint density at radius 2 is 2.05 bits per heavy atom. The van der Waals surface area contributed by atoms with E-state index in [4.69, 9.17) is 0 Å². The van der Waals surface area contributed by atoms with Crippen LogP contribution < -0.4 is 4.72 Å². The molecule has 0 saturated heterocycles. The molecule has 0 aliphatic carbocycles. The quantitative estimate of drug-likeness (QED) is 0.936. The van der Waals surface area contributed by atoms with Crippen molar-refractivity contribution >= 4 is 27.0 Å². The zero-order chi connectivity index (χ0) is 15.1. The van der Waals surface area contributed by atoms with Crippen molar-refractivity contribution in [2.24, 2.45) is 7.05 Å². The molecule has 20 heavy (non-hydrogen) atoms. The van der Waals surface area contributed by atoms with Gasteiger partial charge in [0.15, 0.2) is 10.7 Å². The molecule has 0 unspecified atom stereocenters. The second-order valence-electron chi connectivity index (χ2n) is 4.10. The molecule has 0 spiro atoms. The number of thiazole rings is 1. The number of aryl methyl sites for hydroxylation is 3. The Kier molecular flexibility index (Phi) is 3.78. The van der Waals surface area contributed by atoms with Gasteiger partial charge in [-0.1, -0.05) is 0 Å². The topological polar surface area (TPSA) is 76.9 Å². The van der Waals surface area contributed by atoms with E-state index in [0.717, 1.165) is 4.68 Å². The van der Waals surface area contributed by atoms with E-state index in [9.17, 15) is 17.2 Å². The standard InChI is InChI=1S/C10H12F2N4O2S2/c1-5-10(13-6(2)19-5)20(17,18)15-7-4-16(3)14-8(7)9(11)12/h4,9,15H,1-3H3. The summed E-state index contributed by atoms with van der Waals surface area (Å²) in [5.41, 5.74) is -0.853. The summed E-state index contributed by atoms with van der Waals surface area (Å²) in [6.45, 7) is 3.28. The summed E-state index contributed by atoms with van der Waals surface area (Å²) in [5.74, 6) is 0. The first kappa shape index (κ1) is 14.9. The number of rotatable bonds is 4. The number of sulfonamides is 1. The SMILES string of the molecule is Cc1nc(S(=O)(=O)Nc2cn(C)nc2C(F)F)c(C)s1. The van der Waals surface area contributed by atoms with Crippen LogP contribution in [0.5, 0.6) is 0 Å². The fourth-order valence-corrected chi connectivity index (χ4v) is 4.10. The van der Waals surface area contributed by atoms with Crippen LogP contribution in [0.25, 0.3) is 0 Å². The number of hydrogen-bond donors (Lipinski definition) is 1. The first-order chi connectivity index (χ1) is 9.20. The summed E-state index contributed by atoms with van der Waals surface area (Å²) in [4.78, 5) is 4.41. The van der Waals surface area contributed by atoms with Crippen molar-refractivity contribution in [2.45, 2.75) is 25.3 Å². The van der Waals surface area contributed by atoms with E-state index in [2.05, 4.69) is 14.8 Å². The van der Waals surface area contributed by atoms with E-state index < -0.39 is 22.1 Å². The molecule has 2 aromatic rings. The molecular weight excluding hydrogens is 310 g/mol. The molecule has 110 valence electrons. The third kappa shape index (κ3) is 2.80. The van der Waals surface area contributed by atoms with Crippen molar-refractivity contribution < 1.29 is 17.2 Å². The maximum atomic E-state index is 12.8. The molecule has 0 fully saturated rings. The van der Waals surface area contributed by atoms with Crippen LogP contribution in [0.15, 0.2) is 11.2 Å². The lowest BCUT2D eigenvalue weighted by atomic mass is 10.4. The third-order valence-corrected chi connectivity index (χ3v) is 4.83. The first-order valence-electron chi connectivity index (χ1n) is 5.49. The van der Waals surface area contributed by atoms with Gasteiger partial charge in [-0.3, -0.25) is 9.40 Å². The van der Waals surface area contributed by atoms with Gasteiger partial charge in [-0.05, 0) is 13.8 Å². The van der Waals surface area contributed by atoms with Gasteiger partial charge in [0.25, 0.3) is 16.4 Å². The highest BCUT2D eigenvalue weighted by Crippen LogP contribution is 2.28. The van der Waals surface area contributed by atoms with Gasteiger partial charge in [0.1, 0.15) is 0 Å². The minimum absolute atomic E-state index is 0.149. The minimum atomic E-state index is -4.00. The molecule has 6 nitrogen and oxygen atoms in total. The Morgan fingerprint density at radius 3 is 2.55 bits per heavy atom. The van der Waals surface area contributed by atoms with Crippen molar-refractivity contribution in [3.05, 3.63) is 21.8 Å². The Bertz CT molecular complexity index is 737. The van der Waals surface area contributed by atoms with E-state index in [1.807, 2.05) is 0 Å². The molecule has 0 atom stereocenters. The van der Waals surface area contributed by atoms with E-state index in [-0.39, 0.29) is 10.7 Å². The summed E-state index contributed by atoms with van der Waals surface area (Å²) < 4.78 is 53.1. The monoisotopic (exact) mass is 322 g/mol. The lowest BCUT2D eigenvalue weighted by Crippen LogP contribution is -2.15. The van der Waals surface area contributed by atoms with Crippen LogP contribution in [0.1, 0.15) is 22.0 Å². The van der Waals surface area contributed by atoms with Crippen molar-refractivity contribution in [1.82, 2.24) is 14.8 Å². The largest absolute Gasteiger partial charge is 0.284 e. The van der Waals surface area contributed by atoms with E-state index in [1.165, 1.54) is 24.6 Å². The number of alkyl halides is 2. The fourth-order valence-electron chi connectivity index (χ4n) is 1.70. The van der Waals surface area contributed by atoms with Crippen LogP contribution >= 0.6 is 11.3 Å². The van der Waals surface area contributed by atoms with E-state index in [0.29, 0.717) is 9.88 Å². The number of hydrogen-bond acceptors (Lipinski definition) is 5. The number of halogens is 2. The van der Waals surface area contributed by atoms with Gasteiger partial charge in [0, 0.05) is 18.1 Å². The van der Waals surface area contributed by atoms with Gasteiger partial charge < -0.3 is 0 Å². The van der Waals surface area contributed by atoms with Crippen LogP contribution in [-0.4, -0.2) is 23.2 Å². The molecule has 2 aromatic heterocycles. The molecule has 0 saturated carbocycles. The Morgan fingerprint density at radius 1 is 1.40 bits per heavy atom. The van der Waals surface area contributed by atoms with Crippen molar-refractivity contribution in [2.75, 3.05) is 4.72 Å². The Hall–Kier alpha value is -1.55. The molecule has 0 radical (unpaired) electrons. The van der Waals surface area contributed by atoms with Crippen LogP contribution in [0.4, 0.5) is 14.5 Å². The maximum Gasteiger partial charge on any atom is 0.284 e. The zero-order valence-corrected chi connectivity index (χ0v) is 12.5. The smallest absolute Gasteiger partial charge is 0.275 e. The molecule has 0 amide bonds. The van der Waals surface area contributed by atoms with Crippen LogP contribution in [0.3, 0.4) is 0 Å². The van der Waals surface area contributed by atoms with E-state index >= 15 is 0 Å². The number of nitrogens with one attached hydrogen (secondary N) is 1. The summed E-state index contributed by atoms with van der Waals surface area (Å²) in [6, 6.07) is 0. The molecule has 0 bridgehead atoms. The van der Waals surface area contributed by atoms with Crippen molar-refractivity contribution in [3.8, 4) is 0 Å². The zero-order valence-electron chi connectivity index (χ0n) is 10.9. The highest BCUT2D eigenvalue weighted by atomic mass is 32.2. The molecule has 0 aromatic carbocycles. The molecule has 2 heterocycles. The predicted molar refractivity (Wildman–Crippen MR) is 70.6 cm³/mol. The van der Waals surface area contributed by atoms with Gasteiger partial charge in [0.2, 0.25) is 0 Å². The highest BCUT2D eigenvalue weighted by molar-refractivity contribution is 7.92. The van der Waals surface area contributed by atoms with Crippen molar-refractivity contribution in [1.29, 1.82) is 0 Å². The highest BCUT2D eigenvalue weighted by Gasteiger charge is 2.26. The molecule has 2 rings (SSSR count). The molecule has 0 aliphatic rings. The molecule has 1 N–H and O–H groups in total. The molecule has 10 heteroatoms. The Labute approximate surface area is 118 Å². The normalized spacial score (nSPS) is 12.1. The minimum Gasteiger partial charge on any atom is -0.275 e. The van der Waals surface area contributed by atoms with Gasteiger partial charge in [0.05, 0.1) is 10.7 Å². The average molecular weight is 322 g/mol. The number of anilines is 1. The lowest BCUT2D eigenvalue weighted by Gasteiger charge is -2.06. The second-order valence-corrected chi connectivity index (χ2v) is 7.11. The summed E-state index contributed by atoms with van der Waals surface area (Å²) >= 11 is 1.22. The van der Waals surface area contributed by atoms with Crippen LogP contribution in [0, 0.1) is 13.8 Å². The first-order valence-corrected chi connectivity index (χ1v) is 7.79. The third-order valence-electron chi connectivity index (χ3n) is 2.42. The maximum absolute atomic E-state index is 12.8. The number of aromatic nitrogens is 3.